The molecule has 0 fully saturated rings. The molecule has 0 bridgehead atoms. The van der Waals surface area contributed by atoms with Crippen molar-refractivity contribution in [2.75, 3.05) is 26.3 Å². The van der Waals surface area contributed by atoms with Crippen molar-refractivity contribution >= 4 is 8.25 Å². The number of rotatable bonds is 28. The van der Waals surface area contributed by atoms with Gasteiger partial charge < -0.3 is 19.7 Å². The van der Waals surface area contributed by atoms with Gasteiger partial charge in [-0.3, -0.25) is 4.57 Å². The van der Waals surface area contributed by atoms with Crippen LogP contribution in [-0.4, -0.2) is 26.3 Å². The van der Waals surface area contributed by atoms with Crippen molar-refractivity contribution in [3.63, 3.8) is 0 Å². The van der Waals surface area contributed by atoms with Crippen LogP contribution in [0.25, 0.3) is 0 Å². The second kappa shape index (κ2) is 25.8. The highest BCUT2D eigenvalue weighted by atomic mass is 31.1. The average molecular weight is 797 g/mol. The molecule has 0 saturated carbocycles. The molecule has 4 aromatic rings. The molecule has 0 aliphatic carbocycles. The predicted molar refractivity (Wildman–Crippen MR) is 220 cm³/mol. The van der Waals surface area contributed by atoms with Crippen LogP contribution in [0.3, 0.4) is 0 Å². The number of aryl methyl sites for hydroxylation is 6. The van der Waals surface area contributed by atoms with Crippen molar-refractivity contribution in [2.45, 2.75) is 117 Å². The van der Waals surface area contributed by atoms with Crippen LogP contribution in [0.1, 0.15) is 109 Å². The first-order valence-corrected chi connectivity index (χ1v) is 21.7. The van der Waals surface area contributed by atoms with Gasteiger partial charge in [0.25, 0.3) is 0 Å². The van der Waals surface area contributed by atoms with E-state index < -0.39 is 8.25 Å². The van der Waals surface area contributed by atoms with E-state index in [1.807, 2.05) is 50.2 Å². The average Bonchev–Trinajstić information content (AvgIpc) is 3.18. The molecule has 2 N–H and O–H groups in total. The summed E-state index contributed by atoms with van der Waals surface area (Å²) in [5.74, 6) is -0.816. The van der Waals surface area contributed by atoms with Crippen molar-refractivity contribution < 1.29 is 31.2 Å². The van der Waals surface area contributed by atoms with Crippen LogP contribution in [0.2, 0.25) is 0 Å². The minimum absolute atomic E-state index is 0.203. The first-order chi connectivity index (χ1) is 27.2. The summed E-state index contributed by atoms with van der Waals surface area (Å²) in [7, 11) is -2.61. The van der Waals surface area contributed by atoms with Gasteiger partial charge in [0.05, 0.1) is 13.2 Å². The fourth-order valence-corrected chi connectivity index (χ4v) is 7.57. The third-order valence-electron chi connectivity index (χ3n) is 10.2. The number of hydrogen-bond acceptors (Lipinski definition) is 5. The van der Waals surface area contributed by atoms with Crippen LogP contribution in [0.5, 0.6) is 0 Å². The van der Waals surface area contributed by atoms with Crippen LogP contribution < -0.4 is 10.6 Å². The molecular weight excluding hydrogens is 735 g/mol. The fourth-order valence-electron chi connectivity index (χ4n) is 6.87. The lowest BCUT2D eigenvalue weighted by molar-refractivity contribution is 0.220. The molecule has 306 valence electrons. The number of halogens is 4. The molecule has 0 heterocycles. The molecule has 0 spiro atoms. The zero-order chi connectivity index (χ0) is 40.0. The van der Waals surface area contributed by atoms with Crippen LogP contribution in [0.15, 0.2) is 72.8 Å². The summed E-state index contributed by atoms with van der Waals surface area (Å²) in [5, 5.41) is 6.48. The molecule has 56 heavy (non-hydrogen) atoms. The lowest BCUT2D eigenvalue weighted by atomic mass is 9.98. The highest BCUT2D eigenvalue weighted by Crippen LogP contribution is 2.24. The van der Waals surface area contributed by atoms with Crippen molar-refractivity contribution in [1.29, 1.82) is 0 Å². The first-order valence-electron chi connectivity index (χ1n) is 20.4. The molecule has 0 saturated heterocycles. The standard InChI is InChI=1S/C46H61F4N2O3P/c1-35-29-41(45(49)31-39(35)15-9-5-3-7-13-37-17-21-43(47)22-18-37)33-51-25-11-27-54-56(53)55-28-12-26-52-34-42-30-36(2)40(32-46(42)50)16-10-6-4-8-14-38-19-23-44(48)24-20-38/h17-24,29-32,51-52,56H,3-16,25-28,33-34H2,1-2H3. The van der Waals surface area contributed by atoms with Crippen molar-refractivity contribution in [2.24, 2.45) is 0 Å². The number of benzene rings is 4. The van der Waals surface area contributed by atoms with Crippen molar-refractivity contribution in [1.82, 2.24) is 10.6 Å². The van der Waals surface area contributed by atoms with Crippen molar-refractivity contribution in [3.8, 4) is 0 Å². The molecule has 0 atom stereocenters. The Morgan fingerprint density at radius 2 is 0.857 bits per heavy atom. The van der Waals surface area contributed by atoms with E-state index in [0.29, 0.717) is 50.1 Å². The van der Waals surface area contributed by atoms with Gasteiger partial charge in [-0.1, -0.05) is 62.1 Å². The van der Waals surface area contributed by atoms with Gasteiger partial charge in [-0.05, 0) is 161 Å². The highest BCUT2D eigenvalue weighted by Gasteiger charge is 2.10. The smallest absolute Gasteiger partial charge is 0.312 e. The van der Waals surface area contributed by atoms with Gasteiger partial charge in [0.1, 0.15) is 23.3 Å². The lowest BCUT2D eigenvalue weighted by Gasteiger charge is -2.12. The normalized spacial score (nSPS) is 11.6. The summed E-state index contributed by atoms with van der Waals surface area (Å²) in [5.41, 5.74) is 7.85. The topological polar surface area (TPSA) is 59.6 Å². The van der Waals surface area contributed by atoms with Gasteiger partial charge in [0, 0.05) is 24.2 Å². The highest BCUT2D eigenvalue weighted by molar-refractivity contribution is 7.33. The maximum Gasteiger partial charge on any atom is 0.319 e. The molecular formula is C46H61F4N2O3P. The Balaban J connectivity index is 0.974. The number of hydrogen-bond donors (Lipinski definition) is 2. The number of unbranched alkanes of at least 4 members (excludes halogenated alkanes) is 6. The van der Waals surface area contributed by atoms with E-state index >= 15 is 0 Å². The maximum absolute atomic E-state index is 14.8. The third-order valence-corrected chi connectivity index (χ3v) is 11.1. The van der Waals surface area contributed by atoms with Crippen LogP contribution in [-0.2, 0) is 52.4 Å². The van der Waals surface area contributed by atoms with Gasteiger partial charge in [0.15, 0.2) is 0 Å². The summed E-state index contributed by atoms with van der Waals surface area (Å²) < 4.78 is 78.6. The Kier molecular flexibility index (Phi) is 20.9. The number of nitrogens with one attached hydrogen (secondary N) is 2. The van der Waals surface area contributed by atoms with E-state index in [0.717, 1.165) is 110 Å². The summed E-state index contributed by atoms with van der Waals surface area (Å²) in [4.78, 5) is 0. The van der Waals surface area contributed by atoms with Crippen LogP contribution >= 0.6 is 8.25 Å². The van der Waals surface area contributed by atoms with E-state index in [1.165, 1.54) is 24.3 Å². The summed E-state index contributed by atoms with van der Waals surface area (Å²) >= 11 is 0. The SMILES string of the molecule is Cc1cc(CNCCCO[PH](=O)OCCCNCc2cc(C)c(CCCCCCc3ccc(F)cc3)cc2F)c(F)cc1CCCCCCc1ccc(F)cc1. The van der Waals surface area contributed by atoms with Gasteiger partial charge in [-0.15, -0.1) is 0 Å². The fraction of sp³-hybridized carbons (Fsp3) is 0.478. The maximum atomic E-state index is 14.8. The molecule has 4 rings (SSSR count). The van der Waals surface area contributed by atoms with Gasteiger partial charge >= 0.3 is 8.25 Å². The van der Waals surface area contributed by atoms with Crippen LogP contribution in [0.4, 0.5) is 17.6 Å². The summed E-state index contributed by atoms with van der Waals surface area (Å²) in [6.07, 6.45) is 13.3. The quantitative estimate of drug-likeness (QED) is 0.0341. The Hall–Kier alpha value is -3.33. The van der Waals surface area contributed by atoms with E-state index in [2.05, 4.69) is 10.6 Å². The minimum Gasteiger partial charge on any atom is -0.312 e. The van der Waals surface area contributed by atoms with E-state index in [-0.39, 0.29) is 36.5 Å². The second-order valence-corrected chi connectivity index (χ2v) is 15.9. The monoisotopic (exact) mass is 796 g/mol. The third kappa shape index (κ3) is 17.4. The van der Waals surface area contributed by atoms with Crippen LogP contribution in [0, 0.1) is 37.1 Å². The Bertz CT molecular complexity index is 1630. The first kappa shape index (κ1) is 45.4. The molecule has 0 aliphatic heterocycles. The van der Waals surface area contributed by atoms with Crippen molar-refractivity contribution in [3.05, 3.63) is 141 Å². The molecule has 4 aromatic carbocycles. The molecule has 0 radical (unpaired) electrons. The van der Waals surface area contributed by atoms with Gasteiger partial charge in [-0.2, -0.15) is 0 Å². The molecule has 5 nitrogen and oxygen atoms in total. The largest absolute Gasteiger partial charge is 0.319 e. The van der Waals surface area contributed by atoms with E-state index in [1.54, 1.807) is 12.1 Å². The Morgan fingerprint density at radius 1 is 0.482 bits per heavy atom. The molecule has 0 amide bonds. The van der Waals surface area contributed by atoms with E-state index in [9.17, 15) is 22.1 Å². The summed E-state index contributed by atoms with van der Waals surface area (Å²) in [6, 6.07) is 20.5. The minimum atomic E-state index is -2.61. The summed E-state index contributed by atoms with van der Waals surface area (Å²) in [6.45, 7) is 6.61. The van der Waals surface area contributed by atoms with Gasteiger partial charge in [0.2, 0.25) is 0 Å². The predicted octanol–water partition coefficient (Wildman–Crippen LogP) is 11.6. The molecule has 0 aromatic heterocycles. The van der Waals surface area contributed by atoms with E-state index in [4.69, 9.17) is 9.05 Å². The van der Waals surface area contributed by atoms with Gasteiger partial charge in [-0.25, -0.2) is 17.6 Å². The lowest BCUT2D eigenvalue weighted by Crippen LogP contribution is -2.17. The zero-order valence-electron chi connectivity index (χ0n) is 33.3. The molecule has 10 heteroatoms. The Labute approximate surface area is 332 Å². The zero-order valence-corrected chi connectivity index (χ0v) is 34.3. The second-order valence-electron chi connectivity index (χ2n) is 14.8. The molecule has 0 unspecified atom stereocenters. The molecule has 0 aliphatic rings. The Morgan fingerprint density at radius 3 is 1.25 bits per heavy atom.